The number of aryl methyl sites for hydroxylation is 2. The number of nitrogens with zero attached hydrogens (tertiary/aromatic N) is 1. The van der Waals surface area contributed by atoms with Crippen molar-refractivity contribution >= 4 is 22.0 Å². The van der Waals surface area contributed by atoms with Gasteiger partial charge in [-0.1, -0.05) is 6.07 Å². The van der Waals surface area contributed by atoms with Crippen molar-refractivity contribution in [3.05, 3.63) is 29.5 Å². The molecule has 0 aliphatic heterocycles. The number of rotatable bonds is 2. The Balaban J connectivity index is 2.92. The third kappa shape index (κ3) is 2.03. The van der Waals surface area contributed by atoms with Gasteiger partial charge in [-0.3, -0.25) is 4.21 Å². The summed E-state index contributed by atoms with van der Waals surface area (Å²) in [6.45, 7) is 3.71. The minimum absolute atomic E-state index is 0.149. The van der Waals surface area contributed by atoms with Crippen molar-refractivity contribution in [2.45, 2.75) is 18.7 Å². The number of ether oxygens (including phenoxy) is 1. The Hall–Kier alpha value is -1.46. The molecule has 5 heteroatoms. The van der Waals surface area contributed by atoms with Gasteiger partial charge in [0.05, 0.1) is 12.0 Å². The molecule has 0 aliphatic carbocycles. The molecule has 0 aliphatic rings. The number of benzene rings is 1. The van der Waals surface area contributed by atoms with Gasteiger partial charge in [-0.2, -0.15) is 0 Å². The molecule has 0 spiro atoms. The molecule has 2 rings (SSSR count). The topological polar surface area (TPSA) is 62.2 Å². The molecule has 1 aromatic heterocycles. The second kappa shape index (κ2) is 4.43. The van der Waals surface area contributed by atoms with E-state index in [0.29, 0.717) is 11.3 Å². The van der Waals surface area contributed by atoms with E-state index in [-0.39, 0.29) is 4.90 Å². The summed E-state index contributed by atoms with van der Waals surface area (Å²) < 4.78 is 27.5. The van der Waals surface area contributed by atoms with Gasteiger partial charge >= 0.3 is 0 Å². The van der Waals surface area contributed by atoms with Gasteiger partial charge in [0.15, 0.2) is 5.75 Å². The summed E-state index contributed by atoms with van der Waals surface area (Å²) in [5.41, 5.74) is 2.28. The molecule has 0 saturated heterocycles. The average Bonchev–Trinajstić information content (AvgIpc) is 2.28. The number of pyridine rings is 1. The minimum Gasteiger partial charge on any atom is -0.768 e. The lowest BCUT2D eigenvalue weighted by atomic mass is 10.1. The monoisotopic (exact) mass is 250 g/mol. The van der Waals surface area contributed by atoms with Gasteiger partial charge in [-0.05, 0) is 42.6 Å². The zero-order valence-electron chi connectivity index (χ0n) is 9.81. The average molecular weight is 250 g/mol. The summed E-state index contributed by atoms with van der Waals surface area (Å²) in [5.74, 6) is 0.308. The normalized spacial score (nSPS) is 12.7. The number of aromatic nitrogens is 1. The zero-order chi connectivity index (χ0) is 12.6. The SMILES string of the molecule is COc1c(S(=O)[O-])cc(C)c2ccc(C)nc12. The standard InChI is InChI=1S/C12H13NO3S/c1-7-6-10(17(14)15)12(16-3)11-9(7)5-4-8(2)13-11/h4-6H,1-3H3,(H,14,15)/p-1. The van der Waals surface area contributed by atoms with Crippen molar-refractivity contribution < 1.29 is 13.5 Å². The molecule has 2 aromatic rings. The van der Waals surface area contributed by atoms with Crippen LogP contribution in [-0.4, -0.2) is 20.9 Å². The summed E-state index contributed by atoms with van der Waals surface area (Å²) in [5, 5.41) is 0.904. The van der Waals surface area contributed by atoms with Crippen LogP contribution in [0.4, 0.5) is 0 Å². The van der Waals surface area contributed by atoms with Crippen molar-refractivity contribution in [1.29, 1.82) is 0 Å². The fourth-order valence-corrected chi connectivity index (χ4v) is 2.43. The lowest BCUT2D eigenvalue weighted by Crippen LogP contribution is -1.99. The predicted octanol–water partition coefficient (Wildman–Crippen LogP) is 2.10. The van der Waals surface area contributed by atoms with Crippen molar-refractivity contribution in [3.8, 4) is 5.75 Å². The smallest absolute Gasteiger partial charge is 0.160 e. The highest BCUT2D eigenvalue weighted by atomic mass is 32.2. The maximum atomic E-state index is 11.2. The van der Waals surface area contributed by atoms with Gasteiger partial charge in [-0.15, -0.1) is 0 Å². The van der Waals surface area contributed by atoms with Crippen molar-refractivity contribution in [2.75, 3.05) is 7.11 Å². The molecule has 0 radical (unpaired) electrons. The van der Waals surface area contributed by atoms with E-state index >= 15 is 0 Å². The predicted molar refractivity (Wildman–Crippen MR) is 65.0 cm³/mol. The van der Waals surface area contributed by atoms with Gasteiger partial charge in [0, 0.05) is 11.1 Å². The summed E-state index contributed by atoms with van der Waals surface area (Å²) >= 11 is -2.33. The van der Waals surface area contributed by atoms with Crippen LogP contribution >= 0.6 is 0 Å². The highest BCUT2D eigenvalue weighted by molar-refractivity contribution is 7.79. The van der Waals surface area contributed by atoms with Crippen LogP contribution in [-0.2, 0) is 11.1 Å². The first-order valence-electron chi connectivity index (χ1n) is 5.09. The Labute approximate surface area is 102 Å². The largest absolute Gasteiger partial charge is 0.768 e. The molecule has 1 aromatic carbocycles. The molecule has 1 unspecified atom stereocenters. The summed E-state index contributed by atoms with van der Waals surface area (Å²) in [6, 6.07) is 5.41. The van der Waals surface area contributed by atoms with E-state index in [1.165, 1.54) is 7.11 Å². The molecule has 17 heavy (non-hydrogen) atoms. The number of methoxy groups -OCH3 is 1. The first kappa shape index (κ1) is 12.0. The molecule has 0 amide bonds. The van der Waals surface area contributed by atoms with Crippen LogP contribution in [0.25, 0.3) is 10.9 Å². The Morgan fingerprint density at radius 3 is 2.65 bits per heavy atom. The second-order valence-electron chi connectivity index (χ2n) is 3.81. The van der Waals surface area contributed by atoms with Crippen molar-refractivity contribution in [2.24, 2.45) is 0 Å². The van der Waals surface area contributed by atoms with E-state index in [4.69, 9.17) is 4.74 Å². The van der Waals surface area contributed by atoms with Crippen molar-refractivity contribution in [3.63, 3.8) is 0 Å². The molecular formula is C12H12NO3S-. The third-order valence-corrected chi connectivity index (χ3v) is 3.29. The van der Waals surface area contributed by atoms with Gasteiger partial charge in [0.25, 0.3) is 0 Å². The maximum absolute atomic E-state index is 11.2. The molecule has 0 bridgehead atoms. The molecule has 0 saturated carbocycles. The summed E-state index contributed by atoms with van der Waals surface area (Å²) in [4.78, 5) is 4.50. The van der Waals surface area contributed by atoms with Crippen molar-refractivity contribution in [1.82, 2.24) is 4.98 Å². The third-order valence-electron chi connectivity index (χ3n) is 2.63. The lowest BCUT2D eigenvalue weighted by molar-refractivity contribution is 0.405. The van der Waals surface area contributed by atoms with Crippen LogP contribution < -0.4 is 4.74 Å². The molecule has 1 atom stereocenters. The molecule has 0 fully saturated rings. The quantitative estimate of drug-likeness (QED) is 0.766. The van der Waals surface area contributed by atoms with E-state index < -0.39 is 11.1 Å². The van der Waals surface area contributed by atoms with E-state index in [0.717, 1.165) is 16.6 Å². The van der Waals surface area contributed by atoms with E-state index in [2.05, 4.69) is 4.98 Å². The number of fused-ring (bicyclic) bond motifs is 1. The van der Waals surface area contributed by atoms with E-state index in [1.54, 1.807) is 6.07 Å². The Morgan fingerprint density at radius 2 is 2.06 bits per heavy atom. The Bertz CT molecular complexity index is 610. The van der Waals surface area contributed by atoms with Crippen LogP contribution in [0.2, 0.25) is 0 Å². The molecule has 0 N–H and O–H groups in total. The van der Waals surface area contributed by atoms with Gasteiger partial charge in [-0.25, -0.2) is 4.98 Å². The van der Waals surface area contributed by atoms with E-state index in [1.807, 2.05) is 26.0 Å². The summed E-state index contributed by atoms with van der Waals surface area (Å²) in [7, 11) is 1.45. The molecule has 1 heterocycles. The van der Waals surface area contributed by atoms with Crippen LogP contribution in [0.3, 0.4) is 0 Å². The first-order valence-corrected chi connectivity index (χ1v) is 6.16. The van der Waals surface area contributed by atoms with Crippen LogP contribution in [0, 0.1) is 13.8 Å². The van der Waals surface area contributed by atoms with Gasteiger partial charge in [0.2, 0.25) is 0 Å². The molecular weight excluding hydrogens is 238 g/mol. The first-order chi connectivity index (χ1) is 8.04. The van der Waals surface area contributed by atoms with Crippen LogP contribution in [0.1, 0.15) is 11.3 Å². The van der Waals surface area contributed by atoms with Crippen LogP contribution in [0.5, 0.6) is 5.75 Å². The van der Waals surface area contributed by atoms with Gasteiger partial charge < -0.3 is 9.29 Å². The summed E-state index contributed by atoms with van der Waals surface area (Å²) in [6.07, 6.45) is 0. The minimum atomic E-state index is -2.33. The maximum Gasteiger partial charge on any atom is 0.160 e. The molecule has 4 nitrogen and oxygen atoms in total. The Kier molecular flexibility index (Phi) is 3.13. The molecule has 90 valence electrons. The van der Waals surface area contributed by atoms with Crippen LogP contribution in [0.15, 0.2) is 23.1 Å². The second-order valence-corrected chi connectivity index (χ2v) is 4.72. The van der Waals surface area contributed by atoms with Gasteiger partial charge in [0.1, 0.15) is 5.52 Å². The highest BCUT2D eigenvalue weighted by Crippen LogP contribution is 2.32. The fourth-order valence-electron chi connectivity index (χ4n) is 1.83. The number of hydrogen-bond acceptors (Lipinski definition) is 4. The lowest BCUT2D eigenvalue weighted by Gasteiger charge is -2.15. The zero-order valence-corrected chi connectivity index (χ0v) is 10.6. The number of hydrogen-bond donors (Lipinski definition) is 0. The Morgan fingerprint density at radius 1 is 1.35 bits per heavy atom. The highest BCUT2D eigenvalue weighted by Gasteiger charge is 2.12. The fraction of sp³-hybridized carbons (Fsp3) is 0.250. The van der Waals surface area contributed by atoms with E-state index in [9.17, 15) is 8.76 Å².